The third-order valence-electron chi connectivity index (χ3n) is 3.84. The van der Waals surface area contributed by atoms with Crippen molar-refractivity contribution in [2.75, 3.05) is 16.6 Å². The van der Waals surface area contributed by atoms with Crippen LogP contribution in [0.15, 0.2) is 42.5 Å². The quantitative estimate of drug-likeness (QED) is 0.859. The highest BCUT2D eigenvalue weighted by Gasteiger charge is 2.28. The third kappa shape index (κ3) is 3.59. The first-order valence-electron chi connectivity index (χ1n) is 7.09. The number of nitrogens with zero attached hydrogens (tertiary/aromatic N) is 1. The van der Waals surface area contributed by atoms with E-state index < -0.39 is 10.0 Å². The van der Waals surface area contributed by atoms with Gasteiger partial charge in [0.05, 0.1) is 11.4 Å². The summed E-state index contributed by atoms with van der Waals surface area (Å²) >= 11 is 0. The highest BCUT2D eigenvalue weighted by atomic mass is 35.5. The molecule has 1 heterocycles. The number of hydrogen-bond donors (Lipinski definition) is 1. The van der Waals surface area contributed by atoms with Crippen LogP contribution in [0.5, 0.6) is 0 Å². The average Bonchev–Trinajstić information content (AvgIpc) is 2.49. The molecule has 1 aliphatic heterocycles. The van der Waals surface area contributed by atoms with Gasteiger partial charge in [-0.2, -0.15) is 0 Å². The second-order valence-corrected chi connectivity index (χ2v) is 7.30. The summed E-state index contributed by atoms with van der Waals surface area (Å²) in [7, 11) is -3.52. The van der Waals surface area contributed by atoms with Crippen LogP contribution in [0.25, 0.3) is 0 Å². The molecule has 0 saturated carbocycles. The smallest absolute Gasteiger partial charge is 0.239 e. The van der Waals surface area contributed by atoms with Gasteiger partial charge in [0.1, 0.15) is 5.82 Å². The Hall–Kier alpha value is -1.79. The number of halogens is 2. The second-order valence-electron chi connectivity index (χ2n) is 5.40. The van der Waals surface area contributed by atoms with Crippen molar-refractivity contribution in [2.24, 2.45) is 0 Å². The maximum absolute atomic E-state index is 12.9. The summed E-state index contributed by atoms with van der Waals surface area (Å²) in [5, 5.41) is 0. The lowest BCUT2D eigenvalue weighted by Gasteiger charge is -2.31. The van der Waals surface area contributed by atoms with Crippen molar-refractivity contribution in [3.63, 3.8) is 0 Å². The second kappa shape index (κ2) is 6.76. The number of nitrogens with two attached hydrogens (primary N) is 1. The molecule has 0 bridgehead atoms. The average molecular weight is 357 g/mol. The van der Waals surface area contributed by atoms with E-state index in [1.54, 1.807) is 18.2 Å². The fourth-order valence-electron chi connectivity index (χ4n) is 2.78. The Morgan fingerprint density at radius 1 is 1.13 bits per heavy atom. The van der Waals surface area contributed by atoms with Crippen LogP contribution < -0.4 is 10.0 Å². The predicted molar refractivity (Wildman–Crippen MR) is 92.8 cm³/mol. The van der Waals surface area contributed by atoms with E-state index in [1.165, 1.54) is 28.6 Å². The Labute approximate surface area is 141 Å². The van der Waals surface area contributed by atoms with Crippen LogP contribution in [-0.2, 0) is 22.2 Å². The summed E-state index contributed by atoms with van der Waals surface area (Å²) in [6.45, 7) is 0.444. The number of anilines is 2. The zero-order valence-electron chi connectivity index (χ0n) is 12.4. The van der Waals surface area contributed by atoms with Gasteiger partial charge in [-0.1, -0.05) is 18.2 Å². The topological polar surface area (TPSA) is 63.4 Å². The van der Waals surface area contributed by atoms with Gasteiger partial charge in [0, 0.05) is 12.2 Å². The Kier molecular flexibility index (Phi) is 5.16. The molecule has 0 spiro atoms. The first-order valence-corrected chi connectivity index (χ1v) is 8.70. The summed E-state index contributed by atoms with van der Waals surface area (Å²) in [6, 6.07) is 10.9. The molecule has 0 amide bonds. The summed E-state index contributed by atoms with van der Waals surface area (Å²) in [5.41, 5.74) is 8.69. The zero-order chi connectivity index (χ0) is 15.7. The molecule has 2 N–H and O–H groups in total. The van der Waals surface area contributed by atoms with Gasteiger partial charge in [0.15, 0.2) is 0 Å². The molecule has 0 unspecified atom stereocenters. The van der Waals surface area contributed by atoms with Gasteiger partial charge < -0.3 is 5.73 Å². The van der Waals surface area contributed by atoms with Crippen LogP contribution in [0.1, 0.15) is 17.5 Å². The molecule has 2 aromatic rings. The molecule has 4 nitrogen and oxygen atoms in total. The molecule has 7 heteroatoms. The van der Waals surface area contributed by atoms with E-state index in [0.717, 1.165) is 18.4 Å². The van der Waals surface area contributed by atoms with Crippen LogP contribution in [0, 0.1) is 5.82 Å². The highest BCUT2D eigenvalue weighted by Crippen LogP contribution is 2.33. The number of hydrogen-bond acceptors (Lipinski definition) is 3. The molecule has 2 aromatic carbocycles. The number of fused-ring (bicyclic) bond motifs is 1. The lowest BCUT2D eigenvalue weighted by molar-refractivity contribution is 0.585. The van der Waals surface area contributed by atoms with Crippen molar-refractivity contribution in [3.05, 3.63) is 59.4 Å². The predicted octanol–water partition coefficient (Wildman–Crippen LogP) is 3.11. The molecule has 1 aliphatic rings. The number of rotatable bonds is 3. The van der Waals surface area contributed by atoms with Crippen LogP contribution >= 0.6 is 12.4 Å². The lowest BCUT2D eigenvalue weighted by Crippen LogP contribution is -2.36. The van der Waals surface area contributed by atoms with Crippen molar-refractivity contribution in [1.29, 1.82) is 0 Å². The number of sulfonamides is 1. The number of nitrogen functional groups attached to an aromatic ring is 1. The fourth-order valence-corrected chi connectivity index (χ4v) is 4.42. The van der Waals surface area contributed by atoms with E-state index in [9.17, 15) is 12.8 Å². The Balaban J connectivity index is 0.00000192. The van der Waals surface area contributed by atoms with Crippen LogP contribution in [0.4, 0.5) is 15.8 Å². The fraction of sp³-hybridized carbons (Fsp3) is 0.250. The largest absolute Gasteiger partial charge is 0.398 e. The summed E-state index contributed by atoms with van der Waals surface area (Å²) < 4.78 is 39.8. The van der Waals surface area contributed by atoms with Crippen molar-refractivity contribution in [2.45, 2.75) is 18.6 Å². The SMILES string of the molecule is Cl.Nc1cccc2c1CCCN2S(=O)(=O)Cc1ccc(F)cc1. The van der Waals surface area contributed by atoms with Gasteiger partial charge in [-0.15, -0.1) is 12.4 Å². The minimum atomic E-state index is -3.52. The third-order valence-corrected chi connectivity index (χ3v) is 5.59. The van der Waals surface area contributed by atoms with Crippen molar-refractivity contribution >= 4 is 33.8 Å². The minimum absolute atomic E-state index is 0. The van der Waals surface area contributed by atoms with Crippen LogP contribution in [0.3, 0.4) is 0 Å². The van der Waals surface area contributed by atoms with Gasteiger partial charge in [-0.05, 0) is 48.2 Å². The van der Waals surface area contributed by atoms with Crippen molar-refractivity contribution in [1.82, 2.24) is 0 Å². The van der Waals surface area contributed by atoms with E-state index in [1.807, 2.05) is 0 Å². The molecule has 0 fully saturated rings. The van der Waals surface area contributed by atoms with E-state index in [4.69, 9.17) is 5.73 Å². The summed E-state index contributed by atoms with van der Waals surface area (Å²) in [4.78, 5) is 0. The maximum atomic E-state index is 12.9. The van der Waals surface area contributed by atoms with Crippen molar-refractivity contribution in [3.8, 4) is 0 Å². The molecular weight excluding hydrogens is 339 g/mol. The van der Waals surface area contributed by atoms with Crippen molar-refractivity contribution < 1.29 is 12.8 Å². The van der Waals surface area contributed by atoms with E-state index in [0.29, 0.717) is 23.5 Å². The normalized spacial score (nSPS) is 14.0. The summed E-state index contributed by atoms with van der Waals surface area (Å²) in [5.74, 6) is -0.529. The highest BCUT2D eigenvalue weighted by molar-refractivity contribution is 7.92. The van der Waals surface area contributed by atoms with Crippen LogP contribution in [-0.4, -0.2) is 15.0 Å². The standard InChI is InChI=1S/C16H17FN2O2S.ClH/c17-13-8-6-12(7-9-13)11-22(20,21)19-10-2-3-14-15(18)4-1-5-16(14)19;/h1,4-9H,2-3,10-11,18H2;1H. The van der Waals surface area contributed by atoms with Gasteiger partial charge in [-0.3, -0.25) is 4.31 Å². The van der Waals surface area contributed by atoms with Crippen LogP contribution in [0.2, 0.25) is 0 Å². The van der Waals surface area contributed by atoms with Gasteiger partial charge in [-0.25, -0.2) is 12.8 Å². The first-order chi connectivity index (χ1) is 10.5. The maximum Gasteiger partial charge on any atom is 0.239 e. The van der Waals surface area contributed by atoms with E-state index in [2.05, 4.69) is 0 Å². The molecule has 23 heavy (non-hydrogen) atoms. The summed E-state index contributed by atoms with van der Waals surface area (Å²) in [6.07, 6.45) is 1.52. The Morgan fingerprint density at radius 2 is 1.83 bits per heavy atom. The molecule has 0 aromatic heterocycles. The molecule has 0 radical (unpaired) electrons. The molecular formula is C16H18ClFN2O2S. The minimum Gasteiger partial charge on any atom is -0.398 e. The molecule has 124 valence electrons. The van der Waals surface area contributed by atoms with Gasteiger partial charge in [0.25, 0.3) is 0 Å². The lowest BCUT2D eigenvalue weighted by atomic mass is 10.0. The van der Waals surface area contributed by atoms with Gasteiger partial charge >= 0.3 is 0 Å². The van der Waals surface area contributed by atoms with E-state index >= 15 is 0 Å². The zero-order valence-corrected chi connectivity index (χ0v) is 14.0. The Bertz CT molecular complexity index is 794. The Morgan fingerprint density at radius 3 is 2.52 bits per heavy atom. The number of benzene rings is 2. The monoisotopic (exact) mass is 356 g/mol. The molecule has 0 atom stereocenters. The van der Waals surface area contributed by atoms with E-state index in [-0.39, 0.29) is 24.0 Å². The first kappa shape index (κ1) is 17.6. The van der Waals surface area contributed by atoms with Gasteiger partial charge in [0.2, 0.25) is 10.0 Å². The molecule has 0 saturated heterocycles. The molecule has 3 rings (SSSR count). The molecule has 0 aliphatic carbocycles.